The van der Waals surface area contributed by atoms with Crippen LogP contribution in [0.4, 0.5) is 0 Å². The van der Waals surface area contributed by atoms with Crippen molar-refractivity contribution in [3.05, 3.63) is 0 Å². The molecule has 1 amide bonds. The normalized spacial score (nSPS) is 25.3. The number of nitrogens with zero attached hydrogens (tertiary/aromatic N) is 1. The molecule has 0 aromatic carbocycles. The van der Waals surface area contributed by atoms with Gasteiger partial charge in [0.25, 0.3) is 5.91 Å². The van der Waals surface area contributed by atoms with Crippen molar-refractivity contribution in [3.8, 4) is 0 Å². The summed E-state index contributed by atoms with van der Waals surface area (Å²) in [7, 11) is 0. The molecule has 0 bridgehead atoms. The summed E-state index contributed by atoms with van der Waals surface area (Å²) in [5, 5.41) is 0. The van der Waals surface area contributed by atoms with Crippen molar-refractivity contribution in [2.75, 3.05) is 32.8 Å². The first-order valence-corrected chi connectivity index (χ1v) is 7.42. The summed E-state index contributed by atoms with van der Waals surface area (Å²) in [6, 6.07) is 0. The first kappa shape index (κ1) is 17.7. The second-order valence-electron chi connectivity index (χ2n) is 5.61. The van der Waals surface area contributed by atoms with Crippen LogP contribution < -0.4 is 5.73 Å². The molecule has 0 aromatic rings. The number of hydrogen-bond acceptors (Lipinski definition) is 4. The minimum absolute atomic E-state index is 0. The van der Waals surface area contributed by atoms with Crippen LogP contribution in [-0.2, 0) is 14.3 Å². The van der Waals surface area contributed by atoms with Crippen LogP contribution in [0.15, 0.2) is 0 Å². The highest BCUT2D eigenvalue weighted by Crippen LogP contribution is 2.18. The summed E-state index contributed by atoms with van der Waals surface area (Å²) < 4.78 is 11.1. The Kier molecular flexibility index (Phi) is 7.80. The molecule has 2 fully saturated rings. The first-order valence-electron chi connectivity index (χ1n) is 7.42. The van der Waals surface area contributed by atoms with Gasteiger partial charge in [0.15, 0.2) is 0 Å². The molecule has 20 heavy (non-hydrogen) atoms. The van der Waals surface area contributed by atoms with Crippen LogP contribution in [0.2, 0.25) is 0 Å². The first-order chi connectivity index (χ1) is 9.20. The minimum Gasteiger partial charge on any atom is -0.376 e. The number of ether oxygens (including phenoxy) is 2. The molecule has 2 N–H and O–H groups in total. The smallest absolute Gasteiger partial charge is 0.251 e. The van der Waals surface area contributed by atoms with Gasteiger partial charge in [0, 0.05) is 19.7 Å². The number of hydrogen-bond donors (Lipinski definition) is 1. The molecular weight excluding hydrogens is 280 g/mol. The van der Waals surface area contributed by atoms with Gasteiger partial charge in [-0.1, -0.05) is 0 Å². The molecule has 0 aliphatic carbocycles. The van der Waals surface area contributed by atoms with Gasteiger partial charge in [0.1, 0.15) is 6.10 Å². The molecule has 0 aromatic heterocycles. The lowest BCUT2D eigenvalue weighted by Crippen LogP contribution is -2.45. The van der Waals surface area contributed by atoms with Crippen molar-refractivity contribution in [2.24, 2.45) is 11.7 Å². The van der Waals surface area contributed by atoms with Crippen molar-refractivity contribution in [2.45, 2.75) is 44.8 Å². The maximum absolute atomic E-state index is 12.2. The molecule has 2 heterocycles. The van der Waals surface area contributed by atoms with Crippen LogP contribution in [0.1, 0.15) is 32.6 Å². The summed E-state index contributed by atoms with van der Waals surface area (Å²) in [5.74, 6) is 0.681. The average Bonchev–Trinajstić information content (AvgIpc) is 2.97. The fourth-order valence-electron chi connectivity index (χ4n) is 2.74. The number of nitrogens with two attached hydrogens (primary N) is 1. The van der Waals surface area contributed by atoms with Gasteiger partial charge in [-0.25, -0.2) is 0 Å². The van der Waals surface area contributed by atoms with Gasteiger partial charge in [0.2, 0.25) is 0 Å². The summed E-state index contributed by atoms with van der Waals surface area (Å²) >= 11 is 0. The zero-order valence-electron chi connectivity index (χ0n) is 12.3. The predicted octanol–water partition coefficient (Wildman–Crippen LogP) is 1.19. The van der Waals surface area contributed by atoms with E-state index in [9.17, 15) is 4.79 Å². The van der Waals surface area contributed by atoms with Crippen molar-refractivity contribution in [1.29, 1.82) is 0 Å². The Bertz CT molecular complexity index is 290. The van der Waals surface area contributed by atoms with Crippen LogP contribution in [0.25, 0.3) is 0 Å². The molecule has 2 saturated heterocycles. The second-order valence-corrected chi connectivity index (χ2v) is 5.61. The lowest BCUT2D eigenvalue weighted by Gasteiger charge is -2.33. The second kappa shape index (κ2) is 8.82. The molecular formula is C14H27ClN2O3. The standard InChI is InChI=1S/C14H26N2O3.ClH/c1-11(19-10-13-3-2-8-18-13)14(17)16-6-4-12(9-15)5-7-16;/h11-13H,2-10,15H2,1H3;1H. The van der Waals surface area contributed by atoms with Crippen LogP contribution in [0, 0.1) is 5.92 Å². The summed E-state index contributed by atoms with van der Waals surface area (Å²) in [6.45, 7) is 5.55. The number of likely N-dealkylation sites (tertiary alicyclic amines) is 1. The van der Waals surface area contributed by atoms with Gasteiger partial charge in [-0.2, -0.15) is 0 Å². The molecule has 5 nitrogen and oxygen atoms in total. The van der Waals surface area contributed by atoms with Crippen LogP contribution in [0.5, 0.6) is 0 Å². The molecule has 2 atom stereocenters. The number of piperidine rings is 1. The predicted molar refractivity (Wildman–Crippen MR) is 80.0 cm³/mol. The molecule has 2 aliphatic heterocycles. The van der Waals surface area contributed by atoms with Gasteiger partial charge in [0.05, 0.1) is 12.7 Å². The van der Waals surface area contributed by atoms with Crippen molar-refractivity contribution in [1.82, 2.24) is 4.90 Å². The largest absolute Gasteiger partial charge is 0.376 e. The van der Waals surface area contributed by atoms with Crippen LogP contribution in [0.3, 0.4) is 0 Å². The van der Waals surface area contributed by atoms with E-state index in [1.54, 1.807) is 0 Å². The van der Waals surface area contributed by atoms with Crippen LogP contribution in [-0.4, -0.2) is 55.9 Å². The van der Waals surface area contributed by atoms with E-state index >= 15 is 0 Å². The maximum Gasteiger partial charge on any atom is 0.251 e. The zero-order valence-corrected chi connectivity index (χ0v) is 13.1. The fraction of sp³-hybridized carbons (Fsp3) is 0.929. The molecule has 0 radical (unpaired) electrons. The Hall–Kier alpha value is -0.360. The number of carbonyl (C=O) groups is 1. The molecule has 118 valence electrons. The number of amides is 1. The lowest BCUT2D eigenvalue weighted by molar-refractivity contribution is -0.145. The average molecular weight is 307 g/mol. The zero-order chi connectivity index (χ0) is 13.7. The monoisotopic (exact) mass is 306 g/mol. The van der Waals surface area contributed by atoms with Gasteiger partial charge in [-0.15, -0.1) is 12.4 Å². The summed E-state index contributed by atoms with van der Waals surface area (Å²) in [6.07, 6.45) is 3.99. The van der Waals surface area contributed by atoms with Gasteiger partial charge in [-0.3, -0.25) is 4.79 Å². The van der Waals surface area contributed by atoms with E-state index in [-0.39, 0.29) is 30.5 Å². The molecule has 2 unspecified atom stereocenters. The molecule has 2 rings (SSSR count). The van der Waals surface area contributed by atoms with E-state index in [1.165, 1.54) is 0 Å². The Labute approximate surface area is 127 Å². The summed E-state index contributed by atoms with van der Waals surface area (Å²) in [4.78, 5) is 14.1. The Morgan fingerprint density at radius 1 is 1.40 bits per heavy atom. The summed E-state index contributed by atoms with van der Waals surface area (Å²) in [5.41, 5.74) is 5.66. The number of rotatable bonds is 5. The lowest BCUT2D eigenvalue weighted by atomic mass is 9.97. The fourth-order valence-corrected chi connectivity index (χ4v) is 2.74. The quantitative estimate of drug-likeness (QED) is 0.828. The topological polar surface area (TPSA) is 64.8 Å². The third kappa shape index (κ3) is 4.88. The highest BCUT2D eigenvalue weighted by Gasteiger charge is 2.27. The van der Waals surface area contributed by atoms with E-state index in [2.05, 4.69) is 0 Å². The van der Waals surface area contributed by atoms with Gasteiger partial charge in [-0.05, 0) is 45.1 Å². The minimum atomic E-state index is -0.362. The van der Waals surface area contributed by atoms with E-state index in [0.29, 0.717) is 12.5 Å². The highest BCUT2D eigenvalue weighted by atomic mass is 35.5. The molecule has 0 saturated carbocycles. The Balaban J connectivity index is 0.00000200. The third-order valence-electron chi connectivity index (χ3n) is 4.16. The third-order valence-corrected chi connectivity index (χ3v) is 4.16. The highest BCUT2D eigenvalue weighted by molar-refractivity contribution is 5.85. The molecule has 6 heteroatoms. The molecule has 0 spiro atoms. The number of carbonyl (C=O) groups excluding carboxylic acids is 1. The van der Waals surface area contributed by atoms with E-state index in [4.69, 9.17) is 15.2 Å². The van der Waals surface area contributed by atoms with E-state index in [1.807, 2.05) is 11.8 Å². The number of halogens is 1. The van der Waals surface area contributed by atoms with E-state index in [0.717, 1.165) is 51.9 Å². The van der Waals surface area contributed by atoms with Crippen molar-refractivity contribution in [3.63, 3.8) is 0 Å². The Morgan fingerprint density at radius 2 is 2.10 bits per heavy atom. The Morgan fingerprint density at radius 3 is 2.65 bits per heavy atom. The SMILES string of the molecule is CC(OCC1CCCO1)C(=O)N1CCC(CN)CC1.Cl. The van der Waals surface area contributed by atoms with Crippen molar-refractivity contribution >= 4 is 18.3 Å². The van der Waals surface area contributed by atoms with Gasteiger partial charge >= 0.3 is 0 Å². The van der Waals surface area contributed by atoms with Gasteiger partial charge < -0.3 is 20.1 Å². The maximum atomic E-state index is 12.2. The van der Waals surface area contributed by atoms with Crippen molar-refractivity contribution < 1.29 is 14.3 Å². The van der Waals surface area contributed by atoms with E-state index < -0.39 is 0 Å². The molecule has 2 aliphatic rings. The van der Waals surface area contributed by atoms with Crippen LogP contribution >= 0.6 is 12.4 Å².